The number of hydrogen-bond donors (Lipinski definition) is 2. The van der Waals surface area contributed by atoms with E-state index in [0.29, 0.717) is 48.6 Å². The van der Waals surface area contributed by atoms with Crippen molar-refractivity contribution in [2.75, 3.05) is 31.1 Å². The average Bonchev–Trinajstić information content (AvgIpc) is 2.83. The first kappa shape index (κ1) is 27.5. The van der Waals surface area contributed by atoms with Crippen molar-refractivity contribution < 1.29 is 23.6 Å². The van der Waals surface area contributed by atoms with Gasteiger partial charge in [0.1, 0.15) is 12.4 Å². The minimum atomic E-state index is -1.99. The number of anilines is 1. The van der Waals surface area contributed by atoms with Crippen molar-refractivity contribution in [1.82, 2.24) is 15.3 Å². The summed E-state index contributed by atoms with van der Waals surface area (Å²) < 4.78 is 21.5. The fourth-order valence-corrected chi connectivity index (χ4v) is 4.36. The number of hydrogen-bond acceptors (Lipinski definition) is 7. The third-order valence-corrected chi connectivity index (χ3v) is 11.2. The molecule has 196 valence electrons. The molecule has 9 nitrogen and oxygen atoms in total. The number of nitrogens with one attached hydrogen (secondary N) is 1. The molecule has 0 saturated carbocycles. The van der Waals surface area contributed by atoms with E-state index in [-0.39, 0.29) is 30.6 Å². The van der Waals surface area contributed by atoms with E-state index < -0.39 is 14.4 Å². The van der Waals surface area contributed by atoms with E-state index in [4.69, 9.17) is 14.4 Å². The smallest absolute Gasteiger partial charge is 0.404 e. The molecule has 1 fully saturated rings. The second-order valence-electron chi connectivity index (χ2n) is 10.3. The maximum atomic E-state index is 15.3. The minimum absolute atomic E-state index is 0.0538. The van der Waals surface area contributed by atoms with Crippen LogP contribution in [0.25, 0.3) is 11.1 Å². The van der Waals surface area contributed by atoms with Crippen LogP contribution in [-0.4, -0.2) is 61.4 Å². The quantitative estimate of drug-likeness (QED) is 0.272. The van der Waals surface area contributed by atoms with Crippen LogP contribution in [0.5, 0.6) is 0 Å². The van der Waals surface area contributed by atoms with Gasteiger partial charge >= 0.3 is 6.09 Å². The first-order valence-electron chi connectivity index (χ1n) is 12.1. The van der Waals surface area contributed by atoms with Crippen LogP contribution >= 0.6 is 0 Å². The Bertz CT molecular complexity index is 1060. The molecule has 1 aromatic carbocycles. The molecule has 0 bridgehead atoms. The Balaban J connectivity index is 1.58. The monoisotopic (exact) mass is 517 g/mol. The summed E-state index contributed by atoms with van der Waals surface area (Å²) in [5.74, 6) is 0.284. The summed E-state index contributed by atoms with van der Waals surface area (Å²) >= 11 is 0. The molecule has 2 heterocycles. The van der Waals surface area contributed by atoms with E-state index in [1.54, 1.807) is 24.5 Å². The zero-order valence-electron chi connectivity index (χ0n) is 21.7. The van der Waals surface area contributed by atoms with Crippen molar-refractivity contribution in [3.63, 3.8) is 0 Å². The van der Waals surface area contributed by atoms with E-state index in [2.05, 4.69) is 59.2 Å². The largest absolute Gasteiger partial charge is 0.465 e. The number of aromatic nitrogens is 2. The van der Waals surface area contributed by atoms with E-state index >= 15 is 4.39 Å². The highest BCUT2D eigenvalue weighted by atomic mass is 28.4. The summed E-state index contributed by atoms with van der Waals surface area (Å²) in [6.45, 7) is 12.8. The Morgan fingerprint density at radius 1 is 1.22 bits per heavy atom. The van der Waals surface area contributed by atoms with Gasteiger partial charge in [-0.3, -0.25) is 0 Å². The second kappa shape index (κ2) is 11.8. The summed E-state index contributed by atoms with van der Waals surface area (Å²) in [5.41, 5.74) is 2.52. The third-order valence-electron chi connectivity index (χ3n) is 6.71. The van der Waals surface area contributed by atoms with Crippen molar-refractivity contribution in [2.45, 2.75) is 58.4 Å². The third kappa shape index (κ3) is 7.23. The van der Waals surface area contributed by atoms with E-state index in [1.165, 1.54) is 0 Å². The topological polar surface area (TPSA) is 109 Å². The molecule has 1 aliphatic rings. The van der Waals surface area contributed by atoms with Gasteiger partial charge in [-0.15, -0.1) is 0 Å². The molecule has 11 heteroatoms. The molecule has 0 spiro atoms. The number of rotatable bonds is 9. The number of halogens is 1. The van der Waals surface area contributed by atoms with Crippen molar-refractivity contribution in [3.8, 4) is 11.1 Å². The standard InChI is InChI=1S/C25H36FN5O4Si/c1-25(2,3)36(4,5)35-17-18-7-6-8-21(22(18)26)19-15-28-23(29-16-19)31-12-9-20(10-13-31)30-34-14-11-27-24(32)33/h6-8,15-16,27H,9-14,17H2,1-5H3,(H,32,33). The number of piperidine rings is 1. The predicted molar refractivity (Wildman–Crippen MR) is 140 cm³/mol. The lowest BCUT2D eigenvalue weighted by Crippen LogP contribution is -2.40. The van der Waals surface area contributed by atoms with Gasteiger partial charge in [0.25, 0.3) is 0 Å². The van der Waals surface area contributed by atoms with Crippen LogP contribution in [0.4, 0.5) is 15.1 Å². The molecule has 0 radical (unpaired) electrons. The van der Waals surface area contributed by atoms with Gasteiger partial charge < -0.3 is 24.6 Å². The summed E-state index contributed by atoms with van der Waals surface area (Å²) in [6, 6.07) is 5.33. The van der Waals surface area contributed by atoms with Crippen molar-refractivity contribution in [1.29, 1.82) is 0 Å². The van der Waals surface area contributed by atoms with Crippen molar-refractivity contribution >= 4 is 26.1 Å². The van der Waals surface area contributed by atoms with Gasteiger partial charge in [0.15, 0.2) is 8.32 Å². The van der Waals surface area contributed by atoms with Gasteiger partial charge in [-0.1, -0.05) is 44.1 Å². The van der Waals surface area contributed by atoms with Crippen LogP contribution in [0.2, 0.25) is 18.1 Å². The van der Waals surface area contributed by atoms with Gasteiger partial charge in [-0.25, -0.2) is 19.2 Å². The average molecular weight is 518 g/mol. The molecule has 1 saturated heterocycles. The maximum Gasteiger partial charge on any atom is 0.404 e. The van der Waals surface area contributed by atoms with Gasteiger partial charge in [-0.2, -0.15) is 0 Å². The lowest BCUT2D eigenvalue weighted by Gasteiger charge is -2.36. The molecule has 2 N–H and O–H groups in total. The number of carbonyl (C=O) groups is 1. The Kier molecular flexibility index (Phi) is 9.02. The van der Waals surface area contributed by atoms with Gasteiger partial charge in [-0.05, 0) is 18.1 Å². The van der Waals surface area contributed by atoms with Crippen LogP contribution in [-0.2, 0) is 15.9 Å². The molecule has 3 rings (SSSR count). The molecule has 1 amide bonds. The molecular formula is C25H36FN5O4Si. The molecule has 0 atom stereocenters. The Labute approximate surface area is 212 Å². The van der Waals surface area contributed by atoms with Gasteiger partial charge in [0.05, 0.1) is 18.9 Å². The number of nitrogens with zero attached hydrogens (tertiary/aromatic N) is 4. The molecule has 0 aliphatic carbocycles. The lowest BCUT2D eigenvalue weighted by molar-refractivity contribution is 0.140. The summed E-state index contributed by atoms with van der Waals surface area (Å²) in [6.07, 6.45) is 3.62. The number of carboxylic acid groups (broad SMARTS) is 1. The molecule has 1 aliphatic heterocycles. The van der Waals surface area contributed by atoms with E-state index in [1.807, 2.05) is 6.07 Å². The maximum absolute atomic E-state index is 15.3. The molecule has 1 aromatic heterocycles. The van der Waals surface area contributed by atoms with Crippen LogP contribution in [0.15, 0.2) is 35.7 Å². The predicted octanol–water partition coefficient (Wildman–Crippen LogP) is 5.04. The Morgan fingerprint density at radius 3 is 2.50 bits per heavy atom. The zero-order valence-corrected chi connectivity index (χ0v) is 22.7. The Hall–Kier alpha value is -3.05. The molecule has 0 unspecified atom stereocenters. The second-order valence-corrected chi connectivity index (χ2v) is 15.1. The van der Waals surface area contributed by atoms with Crippen LogP contribution in [0.1, 0.15) is 39.2 Å². The van der Waals surface area contributed by atoms with Gasteiger partial charge in [0.2, 0.25) is 5.95 Å². The highest BCUT2D eigenvalue weighted by Crippen LogP contribution is 2.37. The highest BCUT2D eigenvalue weighted by molar-refractivity contribution is 6.74. The fraction of sp³-hybridized carbons (Fsp3) is 0.520. The van der Waals surface area contributed by atoms with Crippen molar-refractivity contribution in [2.24, 2.45) is 5.16 Å². The highest BCUT2D eigenvalue weighted by Gasteiger charge is 2.37. The SMILES string of the molecule is CC(C)(C)[Si](C)(C)OCc1cccc(-c2cnc(N3CCC(=NOCCNC(=O)O)CC3)nc2)c1F. The number of oxime groups is 1. The molecule has 36 heavy (non-hydrogen) atoms. The summed E-state index contributed by atoms with van der Waals surface area (Å²) in [7, 11) is -1.99. The minimum Gasteiger partial charge on any atom is -0.465 e. The fourth-order valence-electron chi connectivity index (χ4n) is 3.41. The van der Waals surface area contributed by atoms with Gasteiger partial charge in [0, 0.05) is 55.0 Å². The molecule has 2 aromatic rings. The van der Waals surface area contributed by atoms with E-state index in [9.17, 15) is 4.79 Å². The Morgan fingerprint density at radius 2 is 1.89 bits per heavy atom. The number of amides is 1. The normalized spacial score (nSPS) is 14.5. The first-order chi connectivity index (χ1) is 17.0. The number of benzene rings is 1. The van der Waals surface area contributed by atoms with Crippen LogP contribution in [0.3, 0.4) is 0 Å². The van der Waals surface area contributed by atoms with Crippen molar-refractivity contribution in [3.05, 3.63) is 42.0 Å². The first-order valence-corrected chi connectivity index (χ1v) is 15.0. The molecular weight excluding hydrogens is 481 g/mol. The lowest BCUT2D eigenvalue weighted by atomic mass is 10.1. The summed E-state index contributed by atoms with van der Waals surface area (Å²) in [4.78, 5) is 26.6. The van der Waals surface area contributed by atoms with Crippen LogP contribution < -0.4 is 10.2 Å². The van der Waals surface area contributed by atoms with E-state index in [0.717, 1.165) is 5.71 Å². The zero-order chi connectivity index (χ0) is 26.3. The van der Waals surface area contributed by atoms with Crippen LogP contribution in [0, 0.1) is 5.82 Å². The summed E-state index contributed by atoms with van der Waals surface area (Å²) in [5, 5.41) is 14.9.